The van der Waals surface area contributed by atoms with Gasteiger partial charge in [-0.1, -0.05) is 6.08 Å². The molecule has 0 radical (unpaired) electrons. The average molecular weight is 502 g/mol. The lowest BCUT2D eigenvalue weighted by Crippen LogP contribution is -2.39. The Labute approximate surface area is 216 Å². The van der Waals surface area contributed by atoms with Crippen LogP contribution in [-0.4, -0.2) is 75.4 Å². The molecule has 1 aliphatic heterocycles. The van der Waals surface area contributed by atoms with E-state index >= 15 is 0 Å². The number of carbonyl (C=O) groups excluding carboxylic acids is 1. The first-order valence-electron chi connectivity index (χ1n) is 12.7. The summed E-state index contributed by atoms with van der Waals surface area (Å²) < 4.78 is 5.52. The quantitative estimate of drug-likeness (QED) is 0.331. The number of benzene rings is 1. The lowest BCUT2D eigenvalue weighted by molar-refractivity contribution is 0.0270. The molecular formula is C28H35N7O2. The van der Waals surface area contributed by atoms with Crippen LogP contribution in [0.2, 0.25) is 0 Å². The second-order valence-electron chi connectivity index (χ2n) is 10.9. The monoisotopic (exact) mass is 501 g/mol. The third-order valence-electron chi connectivity index (χ3n) is 6.48. The molecule has 1 aliphatic rings. The molecule has 5 rings (SSSR count). The Kier molecular flexibility index (Phi) is 6.64. The maximum atomic E-state index is 12.4. The van der Waals surface area contributed by atoms with Gasteiger partial charge < -0.3 is 24.8 Å². The Morgan fingerprint density at radius 1 is 1.24 bits per heavy atom. The predicted octanol–water partition coefficient (Wildman–Crippen LogP) is 5.31. The van der Waals surface area contributed by atoms with Crippen LogP contribution in [0.1, 0.15) is 38.4 Å². The molecule has 3 N–H and O–H groups in total. The highest BCUT2D eigenvalue weighted by molar-refractivity contribution is 5.95. The van der Waals surface area contributed by atoms with E-state index in [0.29, 0.717) is 13.1 Å². The van der Waals surface area contributed by atoms with E-state index in [4.69, 9.17) is 4.74 Å². The number of likely N-dealkylation sites (N-methyl/N-ethyl adjacent to an activating group) is 1. The van der Waals surface area contributed by atoms with Crippen molar-refractivity contribution in [3.63, 3.8) is 0 Å². The number of hydrogen-bond acceptors (Lipinski definition) is 6. The fraction of sp³-hybridized carbons (Fsp3) is 0.393. The van der Waals surface area contributed by atoms with Crippen LogP contribution < -0.4 is 5.32 Å². The standard InChI is InChI=1S/C28H35N7O2/c1-28(2,3)37-27(36)35-12-8-18(9-13-35)24-16-22-23(6-10-29-26(22)32-24)31-21-14-19(7-11-34(4)5)25-20(15-21)17-30-33-25/h6,8,10,14-17H,7,9,11-13H2,1-5H3,(H,30,33)(H2,29,31,32). The molecule has 0 spiro atoms. The number of aromatic nitrogens is 4. The van der Waals surface area contributed by atoms with Crippen LogP contribution in [0.25, 0.3) is 27.5 Å². The first-order chi connectivity index (χ1) is 17.7. The summed E-state index contributed by atoms with van der Waals surface area (Å²) in [6.45, 7) is 7.76. The fourth-order valence-corrected chi connectivity index (χ4v) is 4.62. The maximum absolute atomic E-state index is 12.4. The molecule has 3 aromatic heterocycles. The van der Waals surface area contributed by atoms with Gasteiger partial charge in [-0.25, -0.2) is 9.78 Å². The molecule has 0 aliphatic carbocycles. The van der Waals surface area contributed by atoms with E-state index in [9.17, 15) is 4.79 Å². The zero-order valence-corrected chi connectivity index (χ0v) is 22.2. The number of hydrogen-bond donors (Lipinski definition) is 3. The first kappa shape index (κ1) is 24.8. The minimum Gasteiger partial charge on any atom is -0.444 e. The summed E-state index contributed by atoms with van der Waals surface area (Å²) in [6.07, 6.45) is 7.18. The molecule has 9 heteroatoms. The number of amides is 1. The van der Waals surface area contributed by atoms with Crippen LogP contribution in [0.4, 0.5) is 16.2 Å². The summed E-state index contributed by atoms with van der Waals surface area (Å²) in [4.78, 5) is 24.4. The van der Waals surface area contributed by atoms with Gasteiger partial charge in [0.05, 0.1) is 17.4 Å². The molecule has 0 saturated heterocycles. The number of nitrogens with zero attached hydrogens (tertiary/aromatic N) is 4. The second kappa shape index (κ2) is 9.89. The van der Waals surface area contributed by atoms with Crippen molar-refractivity contribution in [3.8, 4) is 0 Å². The zero-order chi connectivity index (χ0) is 26.2. The number of fused-ring (bicyclic) bond motifs is 2. The van der Waals surface area contributed by atoms with Crippen molar-refractivity contribution in [3.05, 3.63) is 54.0 Å². The van der Waals surface area contributed by atoms with E-state index in [0.717, 1.165) is 58.4 Å². The lowest BCUT2D eigenvalue weighted by atomic mass is 10.0. The Hall–Kier alpha value is -3.85. The van der Waals surface area contributed by atoms with E-state index in [1.165, 1.54) is 11.1 Å². The van der Waals surface area contributed by atoms with Crippen LogP contribution in [0.15, 0.2) is 42.7 Å². The van der Waals surface area contributed by atoms with Crippen molar-refractivity contribution in [1.82, 2.24) is 30.0 Å². The predicted molar refractivity (Wildman–Crippen MR) is 148 cm³/mol. The Morgan fingerprint density at radius 3 is 2.81 bits per heavy atom. The number of pyridine rings is 1. The summed E-state index contributed by atoms with van der Waals surface area (Å²) >= 11 is 0. The van der Waals surface area contributed by atoms with Gasteiger partial charge in [0.1, 0.15) is 11.2 Å². The summed E-state index contributed by atoms with van der Waals surface area (Å²) in [5, 5.41) is 13.1. The third-order valence-corrected chi connectivity index (χ3v) is 6.48. The lowest BCUT2D eigenvalue weighted by Gasteiger charge is -2.29. The Morgan fingerprint density at radius 2 is 2.08 bits per heavy atom. The summed E-state index contributed by atoms with van der Waals surface area (Å²) in [7, 11) is 4.17. The number of H-pyrrole nitrogens is 2. The number of rotatable bonds is 6. The molecule has 9 nitrogen and oxygen atoms in total. The Balaban J connectivity index is 1.38. The maximum Gasteiger partial charge on any atom is 0.410 e. The van der Waals surface area contributed by atoms with E-state index in [1.807, 2.05) is 39.2 Å². The summed E-state index contributed by atoms with van der Waals surface area (Å²) in [5.74, 6) is 0. The second-order valence-corrected chi connectivity index (χ2v) is 10.9. The van der Waals surface area contributed by atoms with Crippen molar-refractivity contribution in [2.24, 2.45) is 0 Å². The highest BCUT2D eigenvalue weighted by Gasteiger charge is 2.24. The molecule has 0 fully saturated rings. The molecule has 37 heavy (non-hydrogen) atoms. The number of ether oxygens (including phenoxy) is 1. The largest absolute Gasteiger partial charge is 0.444 e. The van der Waals surface area contributed by atoms with Crippen LogP contribution in [0.3, 0.4) is 0 Å². The molecule has 4 heterocycles. The molecule has 1 amide bonds. The van der Waals surface area contributed by atoms with Crippen molar-refractivity contribution >= 4 is 45.0 Å². The van der Waals surface area contributed by atoms with Gasteiger partial charge in [-0.2, -0.15) is 5.10 Å². The highest BCUT2D eigenvalue weighted by atomic mass is 16.6. The highest BCUT2D eigenvalue weighted by Crippen LogP contribution is 2.32. The van der Waals surface area contributed by atoms with Crippen LogP contribution >= 0.6 is 0 Å². The van der Waals surface area contributed by atoms with Crippen molar-refractivity contribution < 1.29 is 9.53 Å². The first-order valence-corrected chi connectivity index (χ1v) is 12.7. The van der Waals surface area contributed by atoms with Crippen molar-refractivity contribution in [2.45, 2.75) is 39.2 Å². The smallest absolute Gasteiger partial charge is 0.410 e. The van der Waals surface area contributed by atoms with Gasteiger partial charge in [0, 0.05) is 48.0 Å². The molecule has 194 valence electrons. The topological polar surface area (TPSA) is 102 Å². The third kappa shape index (κ3) is 5.61. The average Bonchev–Trinajstić information content (AvgIpc) is 3.49. The van der Waals surface area contributed by atoms with Gasteiger partial charge in [0.25, 0.3) is 0 Å². The van der Waals surface area contributed by atoms with Gasteiger partial charge in [0.2, 0.25) is 0 Å². The van der Waals surface area contributed by atoms with Crippen LogP contribution in [0.5, 0.6) is 0 Å². The molecule has 4 aromatic rings. The van der Waals surface area contributed by atoms with Gasteiger partial charge in [-0.15, -0.1) is 0 Å². The van der Waals surface area contributed by atoms with Gasteiger partial charge >= 0.3 is 6.09 Å². The van der Waals surface area contributed by atoms with Crippen molar-refractivity contribution in [2.75, 3.05) is 39.0 Å². The number of aromatic amines is 2. The number of anilines is 2. The van der Waals surface area contributed by atoms with E-state index in [1.54, 1.807) is 4.90 Å². The van der Waals surface area contributed by atoms with E-state index in [-0.39, 0.29) is 6.09 Å². The SMILES string of the molecule is CN(C)CCc1cc(Nc2ccnc3[nH]c(C4=CCN(C(=O)OC(C)(C)C)CC4)cc23)cc2cn[nH]c12. The molecular weight excluding hydrogens is 466 g/mol. The van der Waals surface area contributed by atoms with Crippen LogP contribution in [-0.2, 0) is 11.2 Å². The summed E-state index contributed by atoms with van der Waals surface area (Å²) in [6, 6.07) is 8.45. The van der Waals surface area contributed by atoms with Gasteiger partial charge in [0.15, 0.2) is 0 Å². The molecule has 1 aromatic carbocycles. The van der Waals surface area contributed by atoms with E-state index in [2.05, 4.69) is 68.8 Å². The summed E-state index contributed by atoms with van der Waals surface area (Å²) in [5.41, 5.74) is 6.85. The molecule has 0 bridgehead atoms. The normalized spacial score (nSPS) is 14.4. The Bertz CT molecular complexity index is 1460. The number of nitrogens with one attached hydrogen (secondary N) is 3. The fourth-order valence-electron chi connectivity index (χ4n) is 4.62. The minimum absolute atomic E-state index is 0.271. The van der Waals surface area contributed by atoms with Crippen LogP contribution in [0, 0.1) is 0 Å². The number of carbonyl (C=O) groups is 1. The molecule has 0 saturated carbocycles. The van der Waals surface area contributed by atoms with Crippen molar-refractivity contribution in [1.29, 1.82) is 0 Å². The molecule has 0 atom stereocenters. The minimum atomic E-state index is -0.497. The van der Waals surface area contributed by atoms with E-state index < -0.39 is 5.60 Å². The zero-order valence-electron chi connectivity index (χ0n) is 22.2. The molecule has 0 unspecified atom stereocenters. The van der Waals surface area contributed by atoms with Gasteiger partial charge in [-0.3, -0.25) is 5.10 Å². The van der Waals surface area contributed by atoms with Gasteiger partial charge in [-0.05, 0) is 83.1 Å².